The summed E-state index contributed by atoms with van der Waals surface area (Å²) in [6.07, 6.45) is 5.21. The Morgan fingerprint density at radius 1 is 0.723 bits per heavy atom. The number of carbonyl (C=O) groups excluding carboxylic acids is 1. The number of amides is 1. The zero-order valence-electron chi connectivity index (χ0n) is 26.3. The number of hydrogen-bond donors (Lipinski definition) is 1. The van der Waals surface area contributed by atoms with E-state index in [1.807, 2.05) is 72.8 Å². The van der Waals surface area contributed by atoms with Crippen molar-refractivity contribution in [2.45, 2.75) is 61.7 Å². The molecule has 0 unspecified atom stereocenters. The maximum atomic E-state index is 14.3. The van der Waals surface area contributed by atoms with Gasteiger partial charge >= 0.3 is 0 Å². The predicted octanol–water partition coefficient (Wildman–Crippen LogP) is 6.51. The van der Waals surface area contributed by atoms with Crippen LogP contribution < -0.4 is 14.8 Å². The fraction of sp³-hybridized carbons (Fsp3) is 0.378. The molecule has 0 spiro atoms. The Labute approximate surface area is 281 Å². The minimum Gasteiger partial charge on any atom is -0.490 e. The Morgan fingerprint density at radius 2 is 1.34 bits per heavy atom. The van der Waals surface area contributed by atoms with Crippen molar-refractivity contribution in [1.82, 2.24) is 14.5 Å². The second-order valence-corrected chi connectivity index (χ2v) is 15.0. The molecule has 2 heterocycles. The lowest BCUT2D eigenvalue weighted by Gasteiger charge is -2.40. The molecule has 246 valence electrons. The van der Waals surface area contributed by atoms with E-state index in [-0.39, 0.29) is 36.0 Å². The summed E-state index contributed by atoms with van der Waals surface area (Å²) in [5.41, 5.74) is 2.09. The lowest BCUT2D eigenvalue weighted by Crippen LogP contribution is -2.58. The van der Waals surface area contributed by atoms with Crippen LogP contribution in [0.15, 0.2) is 89.8 Å². The molecule has 0 aromatic heterocycles. The highest BCUT2D eigenvalue weighted by molar-refractivity contribution is 7.89. The van der Waals surface area contributed by atoms with Gasteiger partial charge < -0.3 is 19.7 Å². The van der Waals surface area contributed by atoms with Crippen molar-refractivity contribution in [2.24, 2.45) is 0 Å². The normalized spacial score (nSPS) is 21.2. The minimum absolute atomic E-state index is 0.170. The molecule has 2 saturated heterocycles. The smallest absolute Gasteiger partial charge is 0.243 e. The molecular weight excluding hydrogens is 634 g/mol. The first-order valence-electron chi connectivity index (χ1n) is 16.6. The van der Waals surface area contributed by atoms with Crippen LogP contribution in [0, 0.1) is 0 Å². The van der Waals surface area contributed by atoms with E-state index in [1.165, 1.54) is 17.1 Å². The molecular formula is C37H40ClN3O5S. The van der Waals surface area contributed by atoms with Gasteiger partial charge in [0.15, 0.2) is 0 Å². The summed E-state index contributed by atoms with van der Waals surface area (Å²) in [6.45, 7) is 2.64. The van der Waals surface area contributed by atoms with Gasteiger partial charge in [-0.2, -0.15) is 4.31 Å². The molecule has 4 aromatic rings. The molecule has 3 aliphatic rings. The van der Waals surface area contributed by atoms with Gasteiger partial charge in [-0.25, -0.2) is 8.42 Å². The second-order valence-electron chi connectivity index (χ2n) is 12.7. The molecule has 3 fully saturated rings. The van der Waals surface area contributed by atoms with Gasteiger partial charge in [0.25, 0.3) is 0 Å². The van der Waals surface area contributed by atoms with Gasteiger partial charge in [0.2, 0.25) is 15.9 Å². The maximum absolute atomic E-state index is 14.3. The third kappa shape index (κ3) is 7.14. The van der Waals surface area contributed by atoms with E-state index in [2.05, 4.69) is 5.32 Å². The lowest BCUT2D eigenvalue weighted by molar-refractivity contribution is -0.138. The number of fused-ring (bicyclic) bond motifs is 1. The molecule has 10 heteroatoms. The van der Waals surface area contributed by atoms with Crippen LogP contribution in [-0.4, -0.2) is 74.5 Å². The summed E-state index contributed by atoms with van der Waals surface area (Å²) in [4.78, 5) is 15.9. The Morgan fingerprint density at radius 3 is 2.06 bits per heavy atom. The van der Waals surface area contributed by atoms with Crippen LogP contribution in [0.3, 0.4) is 0 Å². The molecule has 1 amide bonds. The number of benzene rings is 4. The predicted molar refractivity (Wildman–Crippen MR) is 184 cm³/mol. The number of nitrogens with one attached hydrogen (secondary N) is 1. The molecule has 1 N–H and O–H groups in total. The van der Waals surface area contributed by atoms with Crippen LogP contribution in [0.5, 0.6) is 11.5 Å². The van der Waals surface area contributed by atoms with Crippen molar-refractivity contribution in [2.75, 3.05) is 32.7 Å². The van der Waals surface area contributed by atoms with Crippen molar-refractivity contribution in [3.8, 4) is 22.6 Å². The first kappa shape index (κ1) is 31.9. The molecule has 4 aromatic carbocycles. The number of rotatable bonds is 8. The number of nitrogens with zero attached hydrogens (tertiary/aromatic N) is 2. The fourth-order valence-corrected chi connectivity index (χ4v) is 8.73. The average Bonchev–Trinajstić information content (AvgIpc) is 3.62. The average molecular weight is 674 g/mol. The molecule has 0 bridgehead atoms. The van der Waals surface area contributed by atoms with Crippen LogP contribution in [0.4, 0.5) is 0 Å². The first-order valence-corrected chi connectivity index (χ1v) is 18.4. The number of hydrogen-bond acceptors (Lipinski definition) is 6. The van der Waals surface area contributed by atoms with Crippen molar-refractivity contribution in [3.63, 3.8) is 0 Å². The van der Waals surface area contributed by atoms with E-state index < -0.39 is 16.1 Å². The zero-order valence-corrected chi connectivity index (χ0v) is 27.9. The summed E-state index contributed by atoms with van der Waals surface area (Å²) in [5, 5.41) is 5.69. The highest BCUT2D eigenvalue weighted by Crippen LogP contribution is 2.33. The summed E-state index contributed by atoms with van der Waals surface area (Å²) in [6, 6.07) is 25.6. The van der Waals surface area contributed by atoms with Crippen LogP contribution in [0.1, 0.15) is 38.5 Å². The van der Waals surface area contributed by atoms with E-state index in [9.17, 15) is 13.2 Å². The highest BCUT2D eigenvalue weighted by atomic mass is 35.5. The Bertz CT molecular complexity index is 1820. The molecule has 8 nitrogen and oxygen atoms in total. The van der Waals surface area contributed by atoms with Gasteiger partial charge in [-0.1, -0.05) is 48.0 Å². The zero-order chi connectivity index (χ0) is 32.4. The van der Waals surface area contributed by atoms with Crippen molar-refractivity contribution >= 4 is 38.3 Å². The van der Waals surface area contributed by atoms with E-state index in [1.54, 1.807) is 17.0 Å². The van der Waals surface area contributed by atoms with Crippen LogP contribution in [0.25, 0.3) is 21.9 Å². The molecule has 1 aliphatic carbocycles. The fourth-order valence-electron chi connectivity index (χ4n) is 6.96. The van der Waals surface area contributed by atoms with Gasteiger partial charge in [-0.05, 0) is 103 Å². The third-order valence-electron chi connectivity index (χ3n) is 9.55. The number of piperazine rings is 1. The van der Waals surface area contributed by atoms with E-state index in [0.717, 1.165) is 40.5 Å². The van der Waals surface area contributed by atoms with Gasteiger partial charge in [0, 0.05) is 44.2 Å². The van der Waals surface area contributed by atoms with Gasteiger partial charge in [0.1, 0.15) is 23.6 Å². The monoisotopic (exact) mass is 673 g/mol. The SMILES string of the molecule is O=C([C@@H]1C[C@H](Oc2ccc(-c3ccc(Cl)cc3)cc2)CCN1S(=O)(=O)c1ccc2cc(OC3CCCC3)ccc2c1)N1CCNCC1. The first-order chi connectivity index (χ1) is 22.8. The van der Waals surface area contributed by atoms with Gasteiger partial charge in [-0.15, -0.1) is 0 Å². The van der Waals surface area contributed by atoms with E-state index >= 15 is 0 Å². The number of halogens is 1. The Hall–Kier alpha value is -3.63. The van der Waals surface area contributed by atoms with Gasteiger partial charge in [0.05, 0.1) is 11.0 Å². The van der Waals surface area contributed by atoms with Crippen molar-refractivity contribution < 1.29 is 22.7 Å². The number of piperidine rings is 1. The summed E-state index contributed by atoms with van der Waals surface area (Å²) >= 11 is 6.05. The highest BCUT2D eigenvalue weighted by Gasteiger charge is 2.43. The van der Waals surface area contributed by atoms with Crippen LogP contribution >= 0.6 is 11.6 Å². The second kappa shape index (κ2) is 13.8. The largest absolute Gasteiger partial charge is 0.490 e. The van der Waals surface area contributed by atoms with Crippen LogP contribution in [-0.2, 0) is 14.8 Å². The molecule has 47 heavy (non-hydrogen) atoms. The van der Waals surface area contributed by atoms with Crippen LogP contribution in [0.2, 0.25) is 5.02 Å². The van der Waals surface area contributed by atoms with Gasteiger partial charge in [-0.3, -0.25) is 4.79 Å². The molecule has 7 rings (SSSR count). The summed E-state index contributed by atoms with van der Waals surface area (Å²) in [5.74, 6) is 1.32. The summed E-state index contributed by atoms with van der Waals surface area (Å²) in [7, 11) is -3.98. The topological polar surface area (TPSA) is 88.2 Å². The number of carbonyl (C=O) groups is 1. The maximum Gasteiger partial charge on any atom is 0.243 e. The minimum atomic E-state index is -3.98. The standard InChI is InChI=1S/C37H40ClN3O5S/c38-30-11-5-26(6-12-30)27-7-13-32(14-8-27)46-34-17-20-41(36(25-34)37(42)40-21-18-39-19-22-40)47(43,44)35-16-10-28-23-33(15-9-29(28)24-35)45-31-3-1-2-4-31/h5-16,23-24,31,34,36,39H,1-4,17-22,25H2/t34-,36+/m1/s1. The summed E-state index contributed by atoms with van der Waals surface area (Å²) < 4.78 is 42.5. The van der Waals surface area contributed by atoms with Crippen molar-refractivity contribution in [3.05, 3.63) is 90.0 Å². The third-order valence-corrected chi connectivity index (χ3v) is 11.7. The quantitative estimate of drug-likeness (QED) is 0.229. The van der Waals surface area contributed by atoms with E-state index in [0.29, 0.717) is 43.4 Å². The molecule has 2 atom stereocenters. The molecule has 2 aliphatic heterocycles. The molecule has 0 radical (unpaired) electrons. The van der Waals surface area contributed by atoms with E-state index in [4.69, 9.17) is 21.1 Å². The Balaban J connectivity index is 1.10. The van der Waals surface area contributed by atoms with Crippen molar-refractivity contribution in [1.29, 1.82) is 0 Å². The number of ether oxygens (including phenoxy) is 2. The number of sulfonamides is 1. The Kier molecular flexibility index (Phi) is 9.41. The lowest BCUT2D eigenvalue weighted by atomic mass is 10.00. The molecule has 1 saturated carbocycles.